The summed E-state index contributed by atoms with van der Waals surface area (Å²) >= 11 is 0. The SMILES string of the molecule is Cc1ncc2n1CCN(Cc1cnc3c(C(N)=O)cnn3c1)C2. The van der Waals surface area contributed by atoms with E-state index in [1.807, 2.05) is 19.3 Å². The predicted octanol–water partition coefficient (Wildman–Crippen LogP) is 0.349. The van der Waals surface area contributed by atoms with Gasteiger partial charge in [0.2, 0.25) is 0 Å². The summed E-state index contributed by atoms with van der Waals surface area (Å²) < 4.78 is 3.86. The maximum atomic E-state index is 11.3. The van der Waals surface area contributed by atoms with Gasteiger partial charge in [0, 0.05) is 50.3 Å². The van der Waals surface area contributed by atoms with E-state index in [0.717, 1.165) is 37.6 Å². The molecule has 4 heterocycles. The van der Waals surface area contributed by atoms with E-state index in [-0.39, 0.29) is 0 Å². The maximum absolute atomic E-state index is 11.3. The topological polar surface area (TPSA) is 94.3 Å². The van der Waals surface area contributed by atoms with E-state index in [2.05, 4.69) is 24.5 Å². The Balaban J connectivity index is 1.55. The molecular formula is C15H17N7O. The highest BCUT2D eigenvalue weighted by Gasteiger charge is 2.18. The van der Waals surface area contributed by atoms with Gasteiger partial charge in [0.05, 0.1) is 11.9 Å². The van der Waals surface area contributed by atoms with Crippen LogP contribution in [0.25, 0.3) is 5.65 Å². The van der Waals surface area contributed by atoms with Crippen LogP contribution in [0.15, 0.2) is 24.8 Å². The molecular weight excluding hydrogens is 294 g/mol. The van der Waals surface area contributed by atoms with Crippen molar-refractivity contribution in [1.82, 2.24) is 29.0 Å². The van der Waals surface area contributed by atoms with E-state index in [1.54, 1.807) is 10.7 Å². The van der Waals surface area contributed by atoms with Gasteiger partial charge in [0.25, 0.3) is 5.91 Å². The van der Waals surface area contributed by atoms with Gasteiger partial charge in [0.1, 0.15) is 11.4 Å². The van der Waals surface area contributed by atoms with Crippen LogP contribution in [0.2, 0.25) is 0 Å². The van der Waals surface area contributed by atoms with Crippen LogP contribution in [0.3, 0.4) is 0 Å². The molecule has 8 nitrogen and oxygen atoms in total. The zero-order valence-electron chi connectivity index (χ0n) is 12.8. The third-order valence-electron chi connectivity index (χ3n) is 4.24. The molecule has 0 saturated heterocycles. The van der Waals surface area contributed by atoms with Gasteiger partial charge in [0.15, 0.2) is 5.65 Å². The molecule has 1 aliphatic heterocycles. The maximum Gasteiger partial charge on any atom is 0.254 e. The monoisotopic (exact) mass is 311 g/mol. The van der Waals surface area contributed by atoms with Gasteiger partial charge in [-0.05, 0) is 6.92 Å². The first kappa shape index (κ1) is 13.9. The van der Waals surface area contributed by atoms with Gasteiger partial charge in [-0.25, -0.2) is 14.5 Å². The van der Waals surface area contributed by atoms with Gasteiger partial charge >= 0.3 is 0 Å². The van der Waals surface area contributed by atoms with E-state index >= 15 is 0 Å². The van der Waals surface area contributed by atoms with E-state index < -0.39 is 5.91 Å². The fourth-order valence-electron chi connectivity index (χ4n) is 3.06. The summed E-state index contributed by atoms with van der Waals surface area (Å²) in [5, 5.41) is 4.15. The van der Waals surface area contributed by atoms with Gasteiger partial charge < -0.3 is 10.3 Å². The Morgan fingerprint density at radius 2 is 2.13 bits per heavy atom. The fourth-order valence-corrected chi connectivity index (χ4v) is 3.06. The molecule has 2 N–H and O–H groups in total. The zero-order valence-corrected chi connectivity index (χ0v) is 12.8. The molecule has 118 valence electrons. The third-order valence-corrected chi connectivity index (χ3v) is 4.24. The van der Waals surface area contributed by atoms with Crippen molar-refractivity contribution < 1.29 is 4.79 Å². The molecule has 0 bridgehead atoms. The number of nitrogens with two attached hydrogens (primary N) is 1. The number of aryl methyl sites for hydroxylation is 1. The van der Waals surface area contributed by atoms with Crippen LogP contribution in [-0.4, -0.2) is 41.5 Å². The zero-order chi connectivity index (χ0) is 16.0. The van der Waals surface area contributed by atoms with E-state index in [9.17, 15) is 4.79 Å². The minimum atomic E-state index is -0.514. The average Bonchev–Trinajstić information content (AvgIpc) is 3.11. The van der Waals surface area contributed by atoms with Crippen LogP contribution in [0.4, 0.5) is 0 Å². The summed E-state index contributed by atoms with van der Waals surface area (Å²) in [7, 11) is 0. The van der Waals surface area contributed by atoms with E-state index in [0.29, 0.717) is 11.2 Å². The average molecular weight is 311 g/mol. The standard InChI is InChI=1S/C15H17N7O/c1-10-17-5-12-9-20(2-3-21(10)12)7-11-4-18-15-13(14(16)23)6-19-22(15)8-11/h4-6,8H,2-3,7,9H2,1H3,(H2,16,23). The number of aromatic nitrogens is 5. The lowest BCUT2D eigenvalue weighted by Gasteiger charge is -2.28. The van der Waals surface area contributed by atoms with Gasteiger partial charge in [-0.3, -0.25) is 9.69 Å². The van der Waals surface area contributed by atoms with Crippen molar-refractivity contribution in [1.29, 1.82) is 0 Å². The van der Waals surface area contributed by atoms with Crippen LogP contribution >= 0.6 is 0 Å². The number of imidazole rings is 1. The molecule has 3 aromatic rings. The van der Waals surface area contributed by atoms with E-state index in [1.165, 1.54) is 11.9 Å². The first-order chi connectivity index (χ1) is 11.1. The highest BCUT2D eigenvalue weighted by atomic mass is 16.1. The molecule has 3 aromatic heterocycles. The summed E-state index contributed by atoms with van der Waals surface area (Å²) in [5.74, 6) is 0.554. The lowest BCUT2D eigenvalue weighted by atomic mass is 10.2. The van der Waals surface area contributed by atoms with Crippen LogP contribution in [-0.2, 0) is 19.6 Å². The Morgan fingerprint density at radius 1 is 1.26 bits per heavy atom. The summed E-state index contributed by atoms with van der Waals surface area (Å²) in [4.78, 5) is 22.4. The van der Waals surface area contributed by atoms with Crippen LogP contribution in [0, 0.1) is 6.92 Å². The number of primary amides is 1. The Hall–Kier alpha value is -2.74. The largest absolute Gasteiger partial charge is 0.365 e. The number of hydrogen-bond donors (Lipinski definition) is 1. The Bertz CT molecular complexity index is 895. The molecule has 23 heavy (non-hydrogen) atoms. The molecule has 0 unspecified atom stereocenters. The quantitative estimate of drug-likeness (QED) is 0.753. The Kier molecular flexibility index (Phi) is 3.12. The molecule has 1 aliphatic rings. The number of nitrogens with zero attached hydrogens (tertiary/aromatic N) is 6. The smallest absolute Gasteiger partial charge is 0.254 e. The van der Waals surface area contributed by atoms with Crippen molar-refractivity contribution in [2.75, 3.05) is 6.54 Å². The molecule has 0 spiro atoms. The second kappa shape index (κ2) is 5.17. The van der Waals surface area contributed by atoms with E-state index in [4.69, 9.17) is 5.73 Å². The Morgan fingerprint density at radius 3 is 2.96 bits per heavy atom. The summed E-state index contributed by atoms with van der Waals surface area (Å²) in [6.07, 6.45) is 7.07. The highest BCUT2D eigenvalue weighted by molar-refractivity contribution is 5.98. The summed E-state index contributed by atoms with van der Waals surface area (Å²) in [6.45, 7) is 5.59. The van der Waals surface area contributed by atoms with Crippen molar-refractivity contribution in [3.05, 3.63) is 47.4 Å². The molecule has 0 radical (unpaired) electrons. The number of carbonyl (C=O) groups is 1. The third kappa shape index (κ3) is 2.36. The fraction of sp³-hybridized carbons (Fsp3) is 0.333. The molecule has 0 aromatic carbocycles. The molecule has 1 amide bonds. The van der Waals surface area contributed by atoms with Crippen molar-refractivity contribution >= 4 is 11.6 Å². The minimum Gasteiger partial charge on any atom is -0.365 e. The normalized spacial score (nSPS) is 15.0. The summed E-state index contributed by atoms with van der Waals surface area (Å²) in [6, 6.07) is 0. The molecule has 0 saturated carbocycles. The van der Waals surface area contributed by atoms with Gasteiger partial charge in [-0.15, -0.1) is 0 Å². The minimum absolute atomic E-state index is 0.342. The Labute approximate surface area is 132 Å². The lowest BCUT2D eigenvalue weighted by molar-refractivity contribution is 0.100. The first-order valence-electron chi connectivity index (χ1n) is 7.47. The molecule has 8 heteroatoms. The van der Waals surface area contributed by atoms with Crippen molar-refractivity contribution in [3.63, 3.8) is 0 Å². The highest BCUT2D eigenvalue weighted by Crippen LogP contribution is 2.17. The number of amides is 1. The first-order valence-corrected chi connectivity index (χ1v) is 7.47. The number of rotatable bonds is 3. The predicted molar refractivity (Wildman–Crippen MR) is 82.6 cm³/mol. The number of fused-ring (bicyclic) bond motifs is 2. The summed E-state index contributed by atoms with van der Waals surface area (Å²) in [5.41, 5.74) is 8.42. The number of carbonyl (C=O) groups excluding carboxylic acids is 1. The molecule has 0 aliphatic carbocycles. The molecule has 0 fully saturated rings. The number of hydrogen-bond acceptors (Lipinski definition) is 5. The second-order valence-electron chi connectivity index (χ2n) is 5.81. The molecule has 4 rings (SSSR count). The second-order valence-corrected chi connectivity index (χ2v) is 5.81. The van der Waals surface area contributed by atoms with Crippen LogP contribution in [0.5, 0.6) is 0 Å². The van der Waals surface area contributed by atoms with Crippen molar-refractivity contribution in [2.45, 2.75) is 26.6 Å². The van der Waals surface area contributed by atoms with Crippen molar-refractivity contribution in [3.8, 4) is 0 Å². The van der Waals surface area contributed by atoms with Gasteiger partial charge in [-0.2, -0.15) is 5.10 Å². The van der Waals surface area contributed by atoms with Crippen molar-refractivity contribution in [2.24, 2.45) is 5.73 Å². The van der Waals surface area contributed by atoms with Gasteiger partial charge in [-0.1, -0.05) is 0 Å². The molecule has 0 atom stereocenters. The lowest BCUT2D eigenvalue weighted by Crippen LogP contribution is -2.33. The van der Waals surface area contributed by atoms with Crippen LogP contribution in [0.1, 0.15) is 27.4 Å². The van der Waals surface area contributed by atoms with Crippen LogP contribution < -0.4 is 5.73 Å².